The summed E-state index contributed by atoms with van der Waals surface area (Å²) in [7, 11) is 0. The van der Waals surface area contributed by atoms with Gasteiger partial charge in [-0.3, -0.25) is 4.79 Å². The van der Waals surface area contributed by atoms with Gasteiger partial charge in [0.05, 0.1) is 0 Å². The molecule has 0 N–H and O–H groups in total. The zero-order chi connectivity index (χ0) is 13.6. The van der Waals surface area contributed by atoms with Gasteiger partial charge in [-0.25, -0.2) is 0 Å². The number of hydrogen-bond acceptors (Lipinski definition) is 1. The van der Waals surface area contributed by atoms with Crippen LogP contribution in [0.25, 0.3) is 0 Å². The van der Waals surface area contributed by atoms with E-state index in [4.69, 9.17) is 0 Å². The molecular weight excluding hydrogens is 370 g/mol. The molecule has 0 spiro atoms. The van der Waals surface area contributed by atoms with Gasteiger partial charge in [0, 0.05) is 26.9 Å². The van der Waals surface area contributed by atoms with E-state index in [-0.39, 0.29) is 5.91 Å². The zero-order valence-electron chi connectivity index (χ0n) is 10.9. The van der Waals surface area contributed by atoms with Crippen molar-refractivity contribution in [2.75, 3.05) is 0 Å². The Kier molecular flexibility index (Phi) is 3.73. The van der Waals surface area contributed by atoms with Gasteiger partial charge < -0.3 is 4.90 Å². The molecule has 102 valence electrons. The van der Waals surface area contributed by atoms with Crippen LogP contribution in [0.2, 0.25) is 0 Å². The number of rotatable bonds is 1. The predicted octanol–water partition coefficient (Wildman–Crippen LogP) is 4.29. The van der Waals surface area contributed by atoms with Crippen molar-refractivity contribution in [3.8, 4) is 0 Å². The number of hydrogen-bond donors (Lipinski definition) is 0. The van der Waals surface area contributed by atoms with Crippen LogP contribution in [0.15, 0.2) is 22.7 Å². The van der Waals surface area contributed by atoms with E-state index in [1.165, 1.54) is 0 Å². The lowest BCUT2D eigenvalue weighted by molar-refractivity contribution is 0.0603. The van der Waals surface area contributed by atoms with E-state index in [1.807, 2.05) is 25.1 Å². The van der Waals surface area contributed by atoms with Crippen LogP contribution in [-0.2, 0) is 0 Å². The molecule has 2 bridgehead atoms. The first-order valence-electron chi connectivity index (χ1n) is 6.79. The third-order valence-electron chi connectivity index (χ3n) is 4.31. The maximum atomic E-state index is 12.7. The molecule has 3 rings (SSSR count). The smallest absolute Gasteiger partial charge is 0.254 e. The van der Waals surface area contributed by atoms with Crippen LogP contribution in [0, 0.1) is 6.92 Å². The first kappa shape index (κ1) is 13.6. The summed E-state index contributed by atoms with van der Waals surface area (Å²) in [5, 5.41) is 0. The highest BCUT2D eigenvalue weighted by Crippen LogP contribution is 2.39. The molecule has 2 aliphatic heterocycles. The average Bonchev–Trinajstić information content (AvgIpc) is 2.64. The van der Waals surface area contributed by atoms with Gasteiger partial charge in [0.2, 0.25) is 0 Å². The molecule has 1 aromatic carbocycles. The third-order valence-corrected chi connectivity index (χ3v) is 5.95. The number of carbonyl (C=O) groups is 1. The minimum absolute atomic E-state index is 0.211. The first-order valence-corrected chi connectivity index (χ1v) is 8.50. The SMILES string of the molecule is Cc1cc(C(=O)N2C3CCC2CC(Br)C3)ccc1Br. The van der Waals surface area contributed by atoms with Gasteiger partial charge >= 0.3 is 0 Å². The van der Waals surface area contributed by atoms with Gasteiger partial charge in [-0.05, 0) is 56.4 Å². The van der Waals surface area contributed by atoms with Crippen LogP contribution in [0.3, 0.4) is 0 Å². The molecule has 0 aromatic heterocycles. The molecule has 1 amide bonds. The van der Waals surface area contributed by atoms with Crippen molar-refractivity contribution in [1.82, 2.24) is 4.90 Å². The normalized spacial score (nSPS) is 29.6. The standard InChI is InChI=1S/C15H17Br2NO/c1-9-6-10(2-5-14(9)17)15(19)18-12-3-4-13(18)8-11(16)7-12/h2,5-6,11-13H,3-4,7-8H2,1H3. The van der Waals surface area contributed by atoms with Crippen LogP contribution in [0.5, 0.6) is 0 Å². The van der Waals surface area contributed by atoms with Crippen LogP contribution in [0.4, 0.5) is 0 Å². The Morgan fingerprint density at radius 1 is 1.26 bits per heavy atom. The fourth-order valence-electron chi connectivity index (χ4n) is 3.37. The van der Waals surface area contributed by atoms with Crippen molar-refractivity contribution in [3.05, 3.63) is 33.8 Å². The van der Waals surface area contributed by atoms with Crippen LogP contribution in [-0.4, -0.2) is 27.7 Å². The van der Waals surface area contributed by atoms with E-state index in [0.717, 1.165) is 41.3 Å². The highest BCUT2D eigenvalue weighted by molar-refractivity contribution is 9.10. The van der Waals surface area contributed by atoms with Crippen molar-refractivity contribution in [3.63, 3.8) is 0 Å². The molecule has 1 aromatic rings. The molecule has 2 nitrogen and oxygen atoms in total. The molecule has 2 aliphatic rings. The van der Waals surface area contributed by atoms with Crippen LogP contribution in [0.1, 0.15) is 41.6 Å². The highest BCUT2D eigenvalue weighted by Gasteiger charge is 2.42. The van der Waals surface area contributed by atoms with Crippen molar-refractivity contribution in [2.24, 2.45) is 0 Å². The van der Waals surface area contributed by atoms with Crippen LogP contribution >= 0.6 is 31.9 Å². The van der Waals surface area contributed by atoms with E-state index in [1.54, 1.807) is 0 Å². The second-order valence-corrected chi connectivity index (χ2v) is 7.78. The Balaban J connectivity index is 1.86. The Bertz CT molecular complexity index is 503. The summed E-state index contributed by atoms with van der Waals surface area (Å²) in [6, 6.07) is 6.76. The average molecular weight is 387 g/mol. The maximum absolute atomic E-state index is 12.7. The Labute approximate surface area is 130 Å². The van der Waals surface area contributed by atoms with Crippen LogP contribution < -0.4 is 0 Å². The number of amides is 1. The minimum atomic E-state index is 0.211. The minimum Gasteiger partial charge on any atom is -0.333 e. The third kappa shape index (κ3) is 2.49. The molecule has 19 heavy (non-hydrogen) atoms. The number of nitrogens with zero attached hydrogens (tertiary/aromatic N) is 1. The second-order valence-electron chi connectivity index (χ2n) is 5.63. The quantitative estimate of drug-likeness (QED) is 0.659. The molecule has 4 heteroatoms. The summed E-state index contributed by atoms with van der Waals surface area (Å²) in [5.41, 5.74) is 1.94. The van der Waals surface area contributed by atoms with Crippen molar-refractivity contribution < 1.29 is 4.79 Å². The highest BCUT2D eigenvalue weighted by atomic mass is 79.9. The fraction of sp³-hybridized carbons (Fsp3) is 0.533. The van der Waals surface area contributed by atoms with Gasteiger partial charge in [0.1, 0.15) is 0 Å². The number of fused-ring (bicyclic) bond motifs is 2. The van der Waals surface area contributed by atoms with E-state index >= 15 is 0 Å². The maximum Gasteiger partial charge on any atom is 0.254 e. The summed E-state index contributed by atoms with van der Waals surface area (Å²) in [6.45, 7) is 2.03. The Morgan fingerprint density at radius 3 is 2.47 bits per heavy atom. The molecular formula is C15H17Br2NO. The topological polar surface area (TPSA) is 20.3 Å². The number of carbonyl (C=O) groups excluding carboxylic acids is 1. The molecule has 0 aliphatic carbocycles. The fourth-order valence-corrected chi connectivity index (χ4v) is 4.48. The summed E-state index contributed by atoms with van der Waals surface area (Å²) in [4.78, 5) is 15.4. The molecule has 2 heterocycles. The monoisotopic (exact) mass is 385 g/mol. The van der Waals surface area contributed by atoms with Gasteiger partial charge in [-0.15, -0.1) is 0 Å². The second kappa shape index (κ2) is 5.21. The van der Waals surface area contributed by atoms with Crippen molar-refractivity contribution in [2.45, 2.75) is 49.5 Å². The Morgan fingerprint density at radius 2 is 1.89 bits per heavy atom. The van der Waals surface area contributed by atoms with Gasteiger partial charge in [-0.2, -0.15) is 0 Å². The molecule has 2 saturated heterocycles. The van der Waals surface area contributed by atoms with E-state index in [0.29, 0.717) is 16.9 Å². The van der Waals surface area contributed by atoms with Gasteiger partial charge in [0.25, 0.3) is 5.91 Å². The summed E-state index contributed by atoms with van der Waals surface area (Å²) >= 11 is 7.21. The van der Waals surface area contributed by atoms with E-state index in [2.05, 4.69) is 36.8 Å². The van der Waals surface area contributed by atoms with E-state index < -0.39 is 0 Å². The molecule has 2 atom stereocenters. The molecule has 2 unspecified atom stereocenters. The lowest BCUT2D eigenvalue weighted by atomic mass is 10.0. The number of alkyl halides is 1. The Hall–Kier alpha value is -0.350. The largest absolute Gasteiger partial charge is 0.333 e. The van der Waals surface area contributed by atoms with Crippen molar-refractivity contribution >= 4 is 37.8 Å². The van der Waals surface area contributed by atoms with E-state index in [9.17, 15) is 4.79 Å². The molecule has 2 fully saturated rings. The van der Waals surface area contributed by atoms with Gasteiger partial charge in [-0.1, -0.05) is 31.9 Å². The number of piperidine rings is 1. The molecule has 0 radical (unpaired) electrons. The first-order chi connectivity index (χ1) is 9.06. The number of halogens is 2. The summed E-state index contributed by atoms with van der Waals surface area (Å²) in [5.74, 6) is 0.211. The number of aryl methyl sites for hydroxylation is 1. The lowest BCUT2D eigenvalue weighted by Crippen LogP contribution is -2.46. The zero-order valence-corrected chi connectivity index (χ0v) is 14.1. The summed E-state index contributed by atoms with van der Waals surface area (Å²) in [6.07, 6.45) is 4.51. The van der Waals surface area contributed by atoms with Gasteiger partial charge in [0.15, 0.2) is 0 Å². The molecule has 0 saturated carbocycles. The van der Waals surface area contributed by atoms with Crippen molar-refractivity contribution in [1.29, 1.82) is 0 Å². The number of benzene rings is 1. The lowest BCUT2D eigenvalue weighted by Gasteiger charge is -2.37. The summed E-state index contributed by atoms with van der Waals surface area (Å²) < 4.78 is 1.06. The predicted molar refractivity (Wildman–Crippen MR) is 83.8 cm³/mol.